The normalized spacial score (nSPS) is 11.1. The number of carbonyl (C=O) groups is 1. The minimum Gasteiger partial charge on any atom is -0.478 e. The Labute approximate surface area is 135 Å². The first-order valence-electron chi connectivity index (χ1n) is 7.21. The van der Waals surface area contributed by atoms with Crippen LogP contribution in [0.4, 0.5) is 5.82 Å². The molecule has 1 heterocycles. The molecule has 0 aliphatic rings. The number of rotatable bonds is 2. The highest BCUT2D eigenvalue weighted by atomic mass is 16.4. The maximum atomic E-state index is 11.3. The molecule has 3 N–H and O–H groups in total. The number of hydrogen-bond donors (Lipinski definition) is 2. The summed E-state index contributed by atoms with van der Waals surface area (Å²) in [5, 5.41) is 18.6. The number of carboxylic acids is 1. The van der Waals surface area contributed by atoms with E-state index in [1.165, 1.54) is 0 Å². The maximum Gasteiger partial charge on any atom is 0.339 e. The van der Waals surface area contributed by atoms with Crippen LogP contribution in [-0.2, 0) is 5.41 Å². The Balaban J connectivity index is 2.65. The molecule has 5 nitrogen and oxygen atoms in total. The fraction of sp³-hybridized carbons (Fsp3) is 0.278. The van der Waals surface area contributed by atoms with Crippen LogP contribution >= 0.6 is 0 Å². The summed E-state index contributed by atoms with van der Waals surface area (Å²) in [5.41, 5.74) is 8.57. The second-order valence-corrected chi connectivity index (χ2v) is 6.46. The number of pyridine rings is 1. The molecule has 1 aromatic carbocycles. The monoisotopic (exact) mass is 309 g/mol. The first-order chi connectivity index (χ1) is 10.7. The van der Waals surface area contributed by atoms with E-state index in [9.17, 15) is 15.2 Å². The standard InChI is InChI=1S/C18H19N3O2/c1-10-13(9-19)15(21-16(20)14(10)17(22)23)11-5-7-12(8-6-11)18(2,3)4/h5-8H,1-4H3,(H2,20,21)(H,22,23). The fourth-order valence-corrected chi connectivity index (χ4v) is 2.47. The molecule has 118 valence electrons. The van der Waals surface area contributed by atoms with E-state index in [1.807, 2.05) is 30.3 Å². The summed E-state index contributed by atoms with van der Waals surface area (Å²) >= 11 is 0. The van der Waals surface area contributed by atoms with Crippen molar-refractivity contribution in [2.24, 2.45) is 0 Å². The molecule has 2 rings (SSSR count). The molecule has 2 aromatic rings. The highest BCUT2D eigenvalue weighted by Crippen LogP contribution is 2.30. The molecule has 0 bridgehead atoms. The summed E-state index contributed by atoms with van der Waals surface area (Å²) in [6.07, 6.45) is 0. The number of nitrogen functional groups attached to an aromatic ring is 1. The number of hydrogen-bond acceptors (Lipinski definition) is 4. The third-order valence-electron chi connectivity index (χ3n) is 3.83. The van der Waals surface area contributed by atoms with E-state index in [0.717, 1.165) is 11.1 Å². The lowest BCUT2D eigenvalue weighted by atomic mass is 9.86. The van der Waals surface area contributed by atoms with Crippen LogP contribution in [0.2, 0.25) is 0 Å². The van der Waals surface area contributed by atoms with Gasteiger partial charge in [-0.2, -0.15) is 5.26 Å². The van der Waals surface area contributed by atoms with Crippen molar-refractivity contribution in [2.75, 3.05) is 5.73 Å². The molecule has 0 fully saturated rings. The molecule has 0 spiro atoms. The molecular weight excluding hydrogens is 290 g/mol. The lowest BCUT2D eigenvalue weighted by Gasteiger charge is -2.19. The number of nitrogens with two attached hydrogens (primary N) is 1. The molecule has 1 aromatic heterocycles. The molecule has 5 heteroatoms. The third kappa shape index (κ3) is 3.02. The molecule has 23 heavy (non-hydrogen) atoms. The number of aromatic nitrogens is 1. The fourth-order valence-electron chi connectivity index (χ4n) is 2.47. The Morgan fingerprint density at radius 3 is 2.26 bits per heavy atom. The Morgan fingerprint density at radius 1 is 1.26 bits per heavy atom. The summed E-state index contributed by atoms with van der Waals surface area (Å²) < 4.78 is 0. The quantitative estimate of drug-likeness (QED) is 0.884. The van der Waals surface area contributed by atoms with Crippen molar-refractivity contribution in [3.8, 4) is 17.3 Å². The maximum absolute atomic E-state index is 11.3. The molecule has 0 unspecified atom stereocenters. The van der Waals surface area contributed by atoms with Crippen LogP contribution in [0.1, 0.15) is 47.8 Å². The Bertz CT molecular complexity index is 810. The third-order valence-corrected chi connectivity index (χ3v) is 3.83. The zero-order chi connectivity index (χ0) is 17.4. The van der Waals surface area contributed by atoms with E-state index < -0.39 is 5.97 Å². The van der Waals surface area contributed by atoms with Gasteiger partial charge in [-0.1, -0.05) is 45.0 Å². The van der Waals surface area contributed by atoms with Crippen LogP contribution in [0, 0.1) is 18.3 Å². The van der Waals surface area contributed by atoms with Crippen molar-refractivity contribution in [1.29, 1.82) is 5.26 Å². The van der Waals surface area contributed by atoms with Gasteiger partial charge in [-0.3, -0.25) is 0 Å². The van der Waals surface area contributed by atoms with Crippen molar-refractivity contribution >= 4 is 11.8 Å². The van der Waals surface area contributed by atoms with E-state index in [0.29, 0.717) is 11.3 Å². The van der Waals surface area contributed by atoms with Gasteiger partial charge >= 0.3 is 5.97 Å². The van der Waals surface area contributed by atoms with Gasteiger partial charge in [-0.25, -0.2) is 9.78 Å². The summed E-state index contributed by atoms with van der Waals surface area (Å²) in [4.78, 5) is 15.4. The number of nitriles is 1. The zero-order valence-electron chi connectivity index (χ0n) is 13.6. The average molecular weight is 309 g/mol. The Hall–Kier alpha value is -2.87. The Morgan fingerprint density at radius 2 is 1.83 bits per heavy atom. The van der Waals surface area contributed by atoms with E-state index in [-0.39, 0.29) is 22.4 Å². The van der Waals surface area contributed by atoms with E-state index in [1.54, 1.807) is 6.92 Å². The average Bonchev–Trinajstić information content (AvgIpc) is 2.45. The molecule has 0 atom stereocenters. The number of nitrogens with zero attached hydrogens (tertiary/aromatic N) is 2. The van der Waals surface area contributed by atoms with Crippen molar-refractivity contribution in [1.82, 2.24) is 4.98 Å². The van der Waals surface area contributed by atoms with Gasteiger partial charge in [-0.15, -0.1) is 0 Å². The van der Waals surface area contributed by atoms with Crippen LogP contribution in [-0.4, -0.2) is 16.1 Å². The lowest BCUT2D eigenvalue weighted by Crippen LogP contribution is -2.11. The summed E-state index contributed by atoms with van der Waals surface area (Å²) in [6, 6.07) is 9.77. The molecular formula is C18H19N3O2. The predicted octanol–water partition coefficient (Wildman–Crippen LogP) is 3.51. The summed E-state index contributed by atoms with van der Waals surface area (Å²) in [6.45, 7) is 7.92. The predicted molar refractivity (Wildman–Crippen MR) is 89.2 cm³/mol. The van der Waals surface area contributed by atoms with Crippen molar-refractivity contribution in [2.45, 2.75) is 33.1 Å². The van der Waals surface area contributed by atoms with E-state index in [2.05, 4.69) is 25.8 Å². The summed E-state index contributed by atoms with van der Waals surface area (Å²) in [5.74, 6) is -1.26. The topological polar surface area (TPSA) is 100 Å². The van der Waals surface area contributed by atoms with Crippen molar-refractivity contribution in [3.05, 3.63) is 46.5 Å². The van der Waals surface area contributed by atoms with E-state index >= 15 is 0 Å². The molecule has 0 amide bonds. The largest absolute Gasteiger partial charge is 0.478 e. The molecule has 0 radical (unpaired) electrons. The lowest BCUT2D eigenvalue weighted by molar-refractivity contribution is 0.0697. The molecule has 0 saturated carbocycles. The van der Waals surface area contributed by atoms with Gasteiger partial charge in [0.15, 0.2) is 0 Å². The zero-order valence-corrected chi connectivity index (χ0v) is 13.6. The minimum absolute atomic E-state index is 0.0200. The van der Waals surface area contributed by atoms with Gasteiger partial charge in [0.05, 0.1) is 11.3 Å². The Kier molecular flexibility index (Phi) is 4.11. The molecule has 0 saturated heterocycles. The highest BCUT2D eigenvalue weighted by molar-refractivity contribution is 5.96. The van der Waals surface area contributed by atoms with Gasteiger partial charge in [0.2, 0.25) is 0 Å². The molecule has 0 aliphatic heterocycles. The number of anilines is 1. The first-order valence-corrected chi connectivity index (χ1v) is 7.21. The SMILES string of the molecule is Cc1c(C#N)c(-c2ccc(C(C)(C)C)cc2)nc(N)c1C(=O)O. The highest BCUT2D eigenvalue weighted by Gasteiger charge is 2.21. The van der Waals surface area contributed by atoms with Crippen molar-refractivity contribution in [3.63, 3.8) is 0 Å². The second-order valence-electron chi connectivity index (χ2n) is 6.46. The second kappa shape index (κ2) is 5.73. The molecule has 0 aliphatic carbocycles. The van der Waals surface area contributed by atoms with Crippen molar-refractivity contribution < 1.29 is 9.90 Å². The van der Waals surface area contributed by atoms with Gasteiger partial charge in [0.25, 0.3) is 0 Å². The van der Waals surface area contributed by atoms with Crippen LogP contribution < -0.4 is 5.73 Å². The van der Waals surface area contributed by atoms with Crippen LogP contribution in [0.15, 0.2) is 24.3 Å². The van der Waals surface area contributed by atoms with Gasteiger partial charge in [0.1, 0.15) is 17.5 Å². The minimum atomic E-state index is -1.18. The van der Waals surface area contributed by atoms with Crippen LogP contribution in [0.25, 0.3) is 11.3 Å². The van der Waals surface area contributed by atoms with Crippen LogP contribution in [0.3, 0.4) is 0 Å². The van der Waals surface area contributed by atoms with E-state index in [4.69, 9.17) is 5.73 Å². The van der Waals surface area contributed by atoms with Gasteiger partial charge in [-0.05, 0) is 23.5 Å². The summed E-state index contributed by atoms with van der Waals surface area (Å²) in [7, 11) is 0. The number of aromatic carboxylic acids is 1. The number of benzene rings is 1. The van der Waals surface area contributed by atoms with Gasteiger partial charge < -0.3 is 10.8 Å². The number of carboxylic acid groups (broad SMARTS) is 1. The van der Waals surface area contributed by atoms with Gasteiger partial charge in [0, 0.05) is 5.56 Å². The first kappa shape index (κ1) is 16.5. The smallest absolute Gasteiger partial charge is 0.339 e. The van der Waals surface area contributed by atoms with Crippen LogP contribution in [0.5, 0.6) is 0 Å².